The second kappa shape index (κ2) is 22.0. The molecule has 0 aromatic carbocycles. The van der Waals surface area contributed by atoms with Gasteiger partial charge in [0.05, 0.1) is 19.5 Å². The van der Waals surface area contributed by atoms with Crippen LogP contribution in [0.4, 0.5) is 5.82 Å². The highest BCUT2D eigenvalue weighted by Crippen LogP contribution is 2.61. The van der Waals surface area contributed by atoms with Crippen molar-refractivity contribution in [3.05, 3.63) is 37.0 Å². The van der Waals surface area contributed by atoms with E-state index in [0.717, 1.165) is 35.4 Å². The summed E-state index contributed by atoms with van der Waals surface area (Å²) in [6.45, 7) is 2.42. The van der Waals surface area contributed by atoms with Gasteiger partial charge in [-0.2, -0.15) is 4.31 Å². The summed E-state index contributed by atoms with van der Waals surface area (Å²) < 4.78 is 62.1. The van der Waals surface area contributed by atoms with Crippen molar-refractivity contribution in [1.29, 1.82) is 0 Å². The van der Waals surface area contributed by atoms with Crippen LogP contribution in [0.25, 0.3) is 11.2 Å². The number of carbonyl (C=O) groups is 3. The molecule has 2 aromatic rings. The normalized spacial score (nSPS) is 21.6. The first-order chi connectivity index (χ1) is 27.1. The first kappa shape index (κ1) is 49.4. The minimum atomic E-state index is -5.57. The number of thioether (sulfide) groups is 1. The van der Waals surface area contributed by atoms with Gasteiger partial charge in [0.15, 0.2) is 22.8 Å². The Morgan fingerprint density at radius 1 is 1.05 bits per heavy atom. The summed E-state index contributed by atoms with van der Waals surface area (Å²) in [6.07, 6.45) is 2.65. The Morgan fingerprint density at radius 3 is 2.45 bits per heavy atom. The smallest absolute Gasteiger partial charge is 0.386 e. The molecule has 3 rings (SSSR count). The lowest BCUT2D eigenvalue weighted by Gasteiger charge is -2.30. The summed E-state index contributed by atoms with van der Waals surface area (Å²) in [7, 11) is -16.4. The molecular weight excluding hydrogens is 855 g/mol. The Hall–Kier alpha value is -2.96. The number of nitrogens with zero attached hydrogens (tertiary/aromatic N) is 4. The van der Waals surface area contributed by atoms with Crippen LogP contribution in [0.2, 0.25) is 0 Å². The third-order valence-electron chi connectivity index (χ3n) is 7.96. The zero-order valence-corrected chi connectivity index (χ0v) is 35.0. The van der Waals surface area contributed by atoms with E-state index in [1.54, 1.807) is 0 Å². The number of fused-ring (bicyclic) bond motifs is 1. The maximum atomic E-state index is 12.7. The molecule has 1 fully saturated rings. The van der Waals surface area contributed by atoms with Crippen molar-refractivity contribution in [2.45, 2.75) is 77.1 Å². The number of nitrogens with two attached hydrogens (primary N) is 1. The van der Waals surface area contributed by atoms with Gasteiger partial charge in [0.1, 0.15) is 36.3 Å². The minimum absolute atomic E-state index is 0.00520. The Kier molecular flexibility index (Phi) is 18.8. The molecule has 24 nitrogen and oxygen atoms in total. The molecule has 326 valence electrons. The molecule has 10 N–H and O–H groups in total. The number of phosphoric acid groups is 3. The zero-order valence-electron chi connectivity index (χ0n) is 31.5. The number of unbranched alkanes of at least 4 members (excludes halogenated alkanes) is 1. The maximum absolute atomic E-state index is 12.7. The third-order valence-corrected chi connectivity index (χ3v) is 12.0. The summed E-state index contributed by atoms with van der Waals surface area (Å²) in [4.78, 5) is 87.6. The predicted molar refractivity (Wildman–Crippen MR) is 205 cm³/mol. The number of nitrogens with one attached hydrogen (secondary N) is 2. The third kappa shape index (κ3) is 15.9. The lowest BCUT2D eigenvalue weighted by molar-refractivity contribution is -0.137. The number of aliphatic hydroxyl groups is 2. The van der Waals surface area contributed by atoms with Gasteiger partial charge in [-0.05, 0) is 19.8 Å². The number of rotatable bonds is 24. The van der Waals surface area contributed by atoms with Gasteiger partial charge >= 0.3 is 23.5 Å². The molecule has 0 aliphatic carbocycles. The van der Waals surface area contributed by atoms with Gasteiger partial charge in [-0.1, -0.05) is 49.9 Å². The van der Waals surface area contributed by atoms with Crippen LogP contribution in [-0.4, -0.2) is 123 Å². The van der Waals surface area contributed by atoms with Crippen LogP contribution in [0.15, 0.2) is 37.0 Å². The molecule has 58 heavy (non-hydrogen) atoms. The van der Waals surface area contributed by atoms with Crippen LogP contribution in [0.1, 0.15) is 52.7 Å². The molecule has 7 unspecified atom stereocenters. The van der Waals surface area contributed by atoms with Gasteiger partial charge < -0.3 is 50.9 Å². The van der Waals surface area contributed by atoms with E-state index in [1.165, 1.54) is 13.8 Å². The highest BCUT2D eigenvalue weighted by Gasteiger charge is 2.50. The van der Waals surface area contributed by atoms with E-state index >= 15 is 0 Å². The number of ether oxygens (including phenoxy) is 1. The molecule has 0 bridgehead atoms. The average Bonchev–Trinajstić information content (AvgIpc) is 3.69. The Morgan fingerprint density at radius 2 is 1.76 bits per heavy atom. The molecule has 0 spiro atoms. The Balaban J connectivity index is 1.44. The van der Waals surface area contributed by atoms with Gasteiger partial charge in [-0.25, -0.2) is 28.6 Å². The van der Waals surface area contributed by atoms with E-state index in [1.807, 2.05) is 31.2 Å². The first-order valence-electron chi connectivity index (χ1n) is 17.4. The number of phosphoric ester groups is 3. The summed E-state index contributed by atoms with van der Waals surface area (Å²) >= 11 is 1.10. The number of allylic oxidation sites excluding steroid dienone is 4. The van der Waals surface area contributed by atoms with Gasteiger partial charge in [0.25, 0.3) is 0 Å². The van der Waals surface area contributed by atoms with Gasteiger partial charge in [-0.3, -0.25) is 32.5 Å². The van der Waals surface area contributed by atoms with Crippen molar-refractivity contribution < 1.29 is 80.5 Å². The van der Waals surface area contributed by atoms with Gasteiger partial charge in [0, 0.05) is 37.1 Å². The molecule has 2 amide bonds. The van der Waals surface area contributed by atoms with Crippen LogP contribution in [0.3, 0.4) is 0 Å². The van der Waals surface area contributed by atoms with Crippen LogP contribution >= 0.6 is 35.2 Å². The number of hydrogen-bond donors (Lipinski definition) is 9. The molecule has 2 aromatic heterocycles. The topological polar surface area (TPSA) is 364 Å². The molecule has 28 heteroatoms. The van der Waals surface area contributed by atoms with Crippen LogP contribution in [-0.2, 0) is 50.7 Å². The zero-order chi connectivity index (χ0) is 43.3. The molecule has 7 atom stereocenters. The second-order valence-corrected chi connectivity index (χ2v) is 18.5. The van der Waals surface area contributed by atoms with Gasteiger partial charge in [0.2, 0.25) is 11.8 Å². The number of aromatic nitrogens is 4. The Labute approximate surface area is 336 Å². The lowest BCUT2D eigenvalue weighted by Crippen LogP contribution is -2.46. The Bertz CT molecular complexity index is 1930. The molecular formula is C30H48N7O17P3S. The van der Waals surface area contributed by atoms with Crippen LogP contribution < -0.4 is 16.4 Å². The minimum Gasteiger partial charge on any atom is -0.386 e. The standard InChI is InChI=1S/C30H48N7O17P3S/c1-4-5-6-7-8-9-10-21(39)58-14-13-32-20(38)11-12-33-28(42)25(41)30(2,3)16-51-57(48,49)54-56(46,47)50-15-19-24(53-55(43,44)45)23(40)29(52-19)37-18-36-22-26(31)34-17-35-27(22)37/h4-7,17-19,23-25,29,40-41H,8-16H2,1-3H3,(H,32,38)(H,33,42)(H,46,47)(H,48,49)(H2,31,34,35)(H2,43,44,45)/b5-4+,7-6+. The van der Waals surface area contributed by atoms with E-state index in [9.17, 15) is 57.9 Å². The van der Waals surface area contributed by atoms with Crippen molar-refractivity contribution >= 4 is 69.1 Å². The number of carbonyl (C=O) groups excluding carboxylic acids is 3. The molecule has 0 saturated carbocycles. The second-order valence-electron chi connectivity index (χ2n) is 13.1. The highest BCUT2D eigenvalue weighted by atomic mass is 32.2. The molecule has 1 aliphatic rings. The molecule has 1 aliphatic heterocycles. The fraction of sp³-hybridized carbons (Fsp3) is 0.600. The van der Waals surface area contributed by atoms with E-state index in [4.69, 9.17) is 19.5 Å². The number of imidazole rings is 1. The van der Waals surface area contributed by atoms with Crippen molar-refractivity contribution in [3.8, 4) is 0 Å². The quantitative estimate of drug-likeness (QED) is 0.0402. The van der Waals surface area contributed by atoms with E-state index in [0.29, 0.717) is 18.6 Å². The van der Waals surface area contributed by atoms with Crippen molar-refractivity contribution in [1.82, 2.24) is 30.2 Å². The molecule has 3 heterocycles. The number of aliphatic hydroxyl groups excluding tert-OH is 2. The van der Waals surface area contributed by atoms with Crippen LogP contribution in [0, 0.1) is 5.41 Å². The SMILES string of the molecule is C/C=C/C=C/CCCC(=O)SCCNC(=O)CCNC(=O)C(O)C(C)(C)COP(=O)(O)OP(=O)(O)OCC1OC(n2cnc3c(N)ncnc32)C(O)C1OP(=O)(O)O. The summed E-state index contributed by atoms with van der Waals surface area (Å²) in [5.41, 5.74) is 4.26. The number of hydrogen-bond acceptors (Lipinski definition) is 18. The van der Waals surface area contributed by atoms with Gasteiger partial charge in [-0.15, -0.1) is 0 Å². The fourth-order valence-corrected chi connectivity index (χ4v) is 8.57. The monoisotopic (exact) mass is 903 g/mol. The summed E-state index contributed by atoms with van der Waals surface area (Å²) in [5, 5.41) is 26.4. The highest BCUT2D eigenvalue weighted by molar-refractivity contribution is 8.13. The first-order valence-corrected chi connectivity index (χ1v) is 22.9. The van der Waals surface area contributed by atoms with Crippen LogP contribution in [0.5, 0.6) is 0 Å². The van der Waals surface area contributed by atoms with E-state index < -0.39 is 84.6 Å². The summed E-state index contributed by atoms with van der Waals surface area (Å²) in [6, 6.07) is 0. The fourth-order valence-electron chi connectivity index (χ4n) is 5.02. The summed E-state index contributed by atoms with van der Waals surface area (Å²) in [5.74, 6) is -1.09. The van der Waals surface area contributed by atoms with Crippen molar-refractivity contribution in [2.75, 3.05) is 37.8 Å². The number of amides is 2. The molecule has 1 saturated heterocycles. The maximum Gasteiger partial charge on any atom is 0.481 e. The average molecular weight is 904 g/mol. The number of anilines is 1. The predicted octanol–water partition coefficient (Wildman–Crippen LogP) is 0.967. The van der Waals surface area contributed by atoms with E-state index in [-0.39, 0.29) is 41.6 Å². The molecule has 0 radical (unpaired) electrons. The van der Waals surface area contributed by atoms with Crippen molar-refractivity contribution in [2.24, 2.45) is 5.41 Å². The number of nitrogen functional groups attached to an aromatic ring is 1. The van der Waals surface area contributed by atoms with Crippen molar-refractivity contribution in [3.63, 3.8) is 0 Å². The largest absolute Gasteiger partial charge is 0.481 e. The van der Waals surface area contributed by atoms with E-state index in [2.05, 4.69) is 34.4 Å². The lowest BCUT2D eigenvalue weighted by atomic mass is 9.87.